The van der Waals surface area contributed by atoms with Crippen molar-refractivity contribution in [2.45, 2.75) is 20.3 Å². The Balaban J connectivity index is 0.00000361. The third-order valence-corrected chi connectivity index (χ3v) is 3.23. The van der Waals surface area contributed by atoms with E-state index >= 15 is 0 Å². The highest BCUT2D eigenvalue weighted by atomic mass is 35.5. The molecule has 0 bridgehead atoms. The average Bonchev–Trinajstić information content (AvgIpc) is 2.46. The largest absolute Gasteiger partial charge is 1.00 e. The van der Waals surface area contributed by atoms with Crippen LogP contribution in [0.3, 0.4) is 0 Å². The molecule has 0 fully saturated rings. The fourth-order valence-corrected chi connectivity index (χ4v) is 1.95. The Morgan fingerprint density at radius 3 is 2.45 bits per heavy atom. The Morgan fingerprint density at radius 2 is 1.85 bits per heavy atom. The summed E-state index contributed by atoms with van der Waals surface area (Å²) in [5, 5.41) is 2.92. The van der Waals surface area contributed by atoms with E-state index in [1.54, 1.807) is 11.0 Å². The molecule has 1 rings (SSSR count). The maximum atomic E-state index is 11.6. The first-order valence-corrected chi connectivity index (χ1v) is 7.10. The summed E-state index contributed by atoms with van der Waals surface area (Å²) >= 11 is 0. The summed E-state index contributed by atoms with van der Waals surface area (Å²) in [5.41, 5.74) is 1.05. The summed E-state index contributed by atoms with van der Waals surface area (Å²) < 4.78 is 0. The van der Waals surface area contributed by atoms with E-state index in [-0.39, 0.29) is 18.3 Å². The highest BCUT2D eigenvalue weighted by Gasteiger charge is 2.01. The number of benzene rings is 1. The zero-order valence-corrected chi connectivity index (χ0v) is 13.1. The maximum absolute atomic E-state index is 11.6. The van der Waals surface area contributed by atoms with Gasteiger partial charge >= 0.3 is 0 Å². The van der Waals surface area contributed by atoms with Crippen molar-refractivity contribution in [1.82, 2.24) is 5.32 Å². The first-order chi connectivity index (χ1) is 9.26. The van der Waals surface area contributed by atoms with Gasteiger partial charge in [0.15, 0.2) is 0 Å². The second-order valence-electron chi connectivity index (χ2n) is 4.60. The molecule has 0 spiro atoms. The van der Waals surface area contributed by atoms with Gasteiger partial charge in [-0.3, -0.25) is 4.79 Å². The minimum atomic E-state index is -0.0154. The molecule has 2 N–H and O–H groups in total. The standard InChI is InChI=1S/C16H24N2O.ClH/c1-3-18(4-2)14-8-13-17-16(19)12-11-15-9-6-5-7-10-15;/h5-7,9-12H,3-4,8,13-14H2,1-2H3,(H,17,19);1H/b12-11+;. The first-order valence-electron chi connectivity index (χ1n) is 7.10. The number of hydrogen-bond donors (Lipinski definition) is 2. The van der Waals surface area contributed by atoms with Crippen LogP contribution in [0.1, 0.15) is 25.8 Å². The van der Waals surface area contributed by atoms with E-state index in [4.69, 9.17) is 0 Å². The van der Waals surface area contributed by atoms with E-state index in [1.807, 2.05) is 36.4 Å². The van der Waals surface area contributed by atoms with Gasteiger partial charge in [-0.15, -0.1) is 0 Å². The molecule has 1 aromatic carbocycles. The van der Waals surface area contributed by atoms with Gasteiger partial charge < -0.3 is 22.6 Å². The third-order valence-electron chi connectivity index (χ3n) is 3.23. The molecular weight excluding hydrogens is 272 g/mol. The molecule has 4 heteroatoms. The normalized spacial score (nSPS) is 10.6. The minimum absolute atomic E-state index is 0. The van der Waals surface area contributed by atoms with Crippen LogP contribution in [0, 0.1) is 0 Å². The molecule has 0 aliphatic carbocycles. The molecule has 112 valence electrons. The third kappa shape index (κ3) is 7.97. The van der Waals surface area contributed by atoms with Crippen LogP contribution in [-0.4, -0.2) is 32.1 Å². The quantitative estimate of drug-likeness (QED) is 0.428. The number of hydrogen-bond acceptors (Lipinski definition) is 1. The van der Waals surface area contributed by atoms with Crippen molar-refractivity contribution in [3.8, 4) is 0 Å². The van der Waals surface area contributed by atoms with Crippen LogP contribution in [0.25, 0.3) is 6.08 Å². The lowest BCUT2D eigenvalue weighted by atomic mass is 10.2. The van der Waals surface area contributed by atoms with Gasteiger partial charge in [-0.1, -0.05) is 30.3 Å². The van der Waals surface area contributed by atoms with E-state index < -0.39 is 0 Å². The highest BCUT2D eigenvalue weighted by Crippen LogP contribution is 2.00. The number of quaternary nitrogens is 1. The smallest absolute Gasteiger partial charge is 0.244 e. The Hall–Kier alpha value is -1.32. The van der Waals surface area contributed by atoms with Crippen LogP contribution >= 0.6 is 0 Å². The highest BCUT2D eigenvalue weighted by molar-refractivity contribution is 5.91. The van der Waals surface area contributed by atoms with Gasteiger partial charge in [-0.05, 0) is 25.5 Å². The molecule has 20 heavy (non-hydrogen) atoms. The summed E-state index contributed by atoms with van der Waals surface area (Å²) in [6.07, 6.45) is 4.46. The lowest BCUT2D eigenvalue weighted by Crippen LogP contribution is -3.11. The Labute approximate surface area is 128 Å². The van der Waals surface area contributed by atoms with E-state index in [1.165, 1.54) is 0 Å². The summed E-state index contributed by atoms with van der Waals surface area (Å²) in [7, 11) is 0. The van der Waals surface area contributed by atoms with Crippen LogP contribution in [0.15, 0.2) is 36.4 Å². The maximum Gasteiger partial charge on any atom is 0.244 e. The SMILES string of the molecule is CC[NH+](CC)CCCNC(=O)/C=C/c1ccccc1.[Cl-]. The average molecular weight is 297 g/mol. The molecule has 0 saturated heterocycles. The van der Waals surface area contributed by atoms with Crippen molar-refractivity contribution in [1.29, 1.82) is 0 Å². The van der Waals surface area contributed by atoms with Gasteiger partial charge in [0.1, 0.15) is 0 Å². The molecule has 1 aromatic rings. The lowest BCUT2D eigenvalue weighted by Gasteiger charge is -2.14. The van der Waals surface area contributed by atoms with Crippen molar-refractivity contribution in [3.05, 3.63) is 42.0 Å². The molecular formula is C16H25ClN2O. The number of rotatable bonds is 8. The Bertz CT molecular complexity index is 389. The topological polar surface area (TPSA) is 33.5 Å². The first kappa shape index (κ1) is 18.7. The molecule has 0 unspecified atom stereocenters. The van der Waals surface area contributed by atoms with Gasteiger partial charge in [0, 0.05) is 19.0 Å². The predicted octanol–water partition coefficient (Wildman–Crippen LogP) is -1.87. The second kappa shape index (κ2) is 11.5. The van der Waals surface area contributed by atoms with Crippen LogP contribution in [0.2, 0.25) is 0 Å². The van der Waals surface area contributed by atoms with Crippen molar-refractivity contribution >= 4 is 12.0 Å². The van der Waals surface area contributed by atoms with Gasteiger partial charge in [0.2, 0.25) is 5.91 Å². The van der Waals surface area contributed by atoms with Gasteiger partial charge in [-0.25, -0.2) is 0 Å². The number of carbonyl (C=O) groups excluding carboxylic acids is 1. The molecule has 0 aromatic heterocycles. The van der Waals surface area contributed by atoms with Gasteiger partial charge in [0.25, 0.3) is 0 Å². The summed E-state index contributed by atoms with van der Waals surface area (Å²) in [4.78, 5) is 13.2. The van der Waals surface area contributed by atoms with E-state index in [9.17, 15) is 4.79 Å². The summed E-state index contributed by atoms with van der Waals surface area (Å²) in [6.45, 7) is 8.56. The van der Waals surface area contributed by atoms with E-state index in [0.717, 1.165) is 38.2 Å². The molecule has 0 radical (unpaired) electrons. The molecule has 0 atom stereocenters. The van der Waals surface area contributed by atoms with Crippen LogP contribution < -0.4 is 22.6 Å². The fraction of sp³-hybridized carbons (Fsp3) is 0.438. The minimum Gasteiger partial charge on any atom is -1.00 e. The second-order valence-corrected chi connectivity index (χ2v) is 4.60. The summed E-state index contributed by atoms with van der Waals surface area (Å²) in [5.74, 6) is -0.0154. The molecule has 0 aliphatic heterocycles. The van der Waals surface area contributed by atoms with Crippen molar-refractivity contribution in [3.63, 3.8) is 0 Å². The monoisotopic (exact) mass is 296 g/mol. The number of halogens is 1. The molecule has 3 nitrogen and oxygen atoms in total. The van der Waals surface area contributed by atoms with Gasteiger partial charge in [0.05, 0.1) is 19.6 Å². The van der Waals surface area contributed by atoms with Crippen molar-refractivity contribution in [2.24, 2.45) is 0 Å². The molecule has 1 amide bonds. The van der Waals surface area contributed by atoms with Crippen LogP contribution in [0.4, 0.5) is 0 Å². The zero-order valence-electron chi connectivity index (χ0n) is 12.4. The predicted molar refractivity (Wildman–Crippen MR) is 80.0 cm³/mol. The van der Waals surface area contributed by atoms with Crippen molar-refractivity contribution < 1.29 is 22.1 Å². The van der Waals surface area contributed by atoms with Crippen LogP contribution in [-0.2, 0) is 4.79 Å². The number of nitrogens with one attached hydrogen (secondary N) is 2. The molecule has 0 aliphatic rings. The molecule has 0 heterocycles. The van der Waals surface area contributed by atoms with Crippen molar-refractivity contribution in [2.75, 3.05) is 26.2 Å². The Kier molecular flexibility index (Phi) is 10.7. The molecule has 0 saturated carbocycles. The summed E-state index contributed by atoms with van der Waals surface area (Å²) in [6, 6.07) is 9.85. The Morgan fingerprint density at radius 1 is 1.20 bits per heavy atom. The van der Waals surface area contributed by atoms with E-state index in [2.05, 4.69) is 19.2 Å². The van der Waals surface area contributed by atoms with Crippen LogP contribution in [0.5, 0.6) is 0 Å². The number of carbonyl (C=O) groups is 1. The van der Waals surface area contributed by atoms with E-state index in [0.29, 0.717) is 0 Å². The van der Waals surface area contributed by atoms with Gasteiger partial charge in [-0.2, -0.15) is 0 Å². The fourth-order valence-electron chi connectivity index (χ4n) is 1.95. The number of amides is 1. The zero-order chi connectivity index (χ0) is 13.9. The lowest BCUT2D eigenvalue weighted by molar-refractivity contribution is -0.896.